The molecule has 3 fully saturated rings. The molecule has 3 aliphatic heterocycles. The molecule has 2 aromatic carbocycles. The van der Waals surface area contributed by atoms with Gasteiger partial charge in [-0.25, -0.2) is 14.6 Å². The Kier molecular flexibility index (Phi) is 11.0. The normalized spacial score (nSPS) is 20.1. The number of carboxylic acid groups (broad SMARTS) is 1. The summed E-state index contributed by atoms with van der Waals surface area (Å²) in [4.78, 5) is 63.9. The molecule has 0 aliphatic carbocycles. The van der Waals surface area contributed by atoms with E-state index in [9.17, 15) is 37.5 Å². The summed E-state index contributed by atoms with van der Waals surface area (Å²) < 4.78 is 46.2. The van der Waals surface area contributed by atoms with Gasteiger partial charge < -0.3 is 39.4 Å². The molecule has 2 N–H and O–H groups in total. The lowest BCUT2D eigenvalue weighted by atomic mass is 9.90. The topological polar surface area (TPSA) is 170 Å². The largest absolute Gasteiger partial charge is 0.544 e. The number of piperazine rings is 1. The number of nitrogens with zero attached hydrogens (tertiary/aromatic N) is 8. The number of alkyl halides is 3. The minimum absolute atomic E-state index is 0.00121. The first kappa shape index (κ1) is 40.4. The molecule has 3 amide bonds. The number of quaternary nitrogens is 1. The van der Waals surface area contributed by atoms with Crippen LogP contribution in [0.4, 0.5) is 18.9 Å². The van der Waals surface area contributed by atoms with E-state index in [0.717, 1.165) is 29.0 Å². The van der Waals surface area contributed by atoms with Crippen LogP contribution in [0.1, 0.15) is 39.5 Å². The van der Waals surface area contributed by atoms with Crippen molar-refractivity contribution < 1.29 is 41.9 Å². The van der Waals surface area contributed by atoms with Gasteiger partial charge in [-0.1, -0.05) is 35.1 Å². The van der Waals surface area contributed by atoms with Crippen molar-refractivity contribution in [3.8, 4) is 16.4 Å². The molecule has 3 aromatic heterocycles. The summed E-state index contributed by atoms with van der Waals surface area (Å²) in [7, 11) is 1.42. The van der Waals surface area contributed by atoms with Crippen LogP contribution in [0.2, 0.25) is 5.02 Å². The summed E-state index contributed by atoms with van der Waals surface area (Å²) in [6, 6.07) is 11.5. The van der Waals surface area contributed by atoms with Gasteiger partial charge in [0.2, 0.25) is 11.0 Å². The number of carbonyl (C=O) groups is 4. The standard InChI is InChI=1S/C39H40ClF3N10O5S/c1-49-30(27-20-52(48-33(27)39(41,42)43)38-47-29-4-2-3-5-31(29)59-38)19-45-34(49)35(56)46-25-6-7-26(28(40)16-25)37(58)51-12-10-50(11-13-51)36(57)24-8-14-53(15-9-24,22-32(54)55)21-23-17-44-18-23/h2-7,16,19-20,23-24,44H,8-15,17-18,21-22H2,1H3,(H-,46,54,55,56,58). The maximum absolute atomic E-state index is 14.2. The summed E-state index contributed by atoms with van der Waals surface area (Å²) in [5.74, 6) is -2.07. The Morgan fingerprint density at radius 3 is 2.39 bits per heavy atom. The molecule has 15 nitrogen and oxygen atoms in total. The highest BCUT2D eigenvalue weighted by Crippen LogP contribution is 2.38. The van der Waals surface area contributed by atoms with Gasteiger partial charge >= 0.3 is 6.18 Å². The zero-order valence-electron chi connectivity index (χ0n) is 31.9. The van der Waals surface area contributed by atoms with Crippen LogP contribution in [0.15, 0.2) is 54.9 Å². The van der Waals surface area contributed by atoms with Crippen molar-refractivity contribution in [1.29, 1.82) is 0 Å². The number of thiazole rings is 1. The highest BCUT2D eigenvalue weighted by molar-refractivity contribution is 7.20. The number of likely N-dealkylation sites (tertiary alicyclic amines) is 1. The van der Waals surface area contributed by atoms with Crippen LogP contribution >= 0.6 is 22.9 Å². The molecule has 310 valence electrons. The number of aliphatic carboxylic acids is 1. The molecule has 0 radical (unpaired) electrons. The van der Waals surface area contributed by atoms with Gasteiger partial charge in [-0.15, -0.1) is 0 Å². The van der Waals surface area contributed by atoms with Crippen molar-refractivity contribution in [2.45, 2.75) is 19.0 Å². The second kappa shape index (κ2) is 16.0. The Morgan fingerprint density at radius 2 is 1.75 bits per heavy atom. The molecule has 8 rings (SSSR count). The molecule has 5 aromatic rings. The zero-order valence-corrected chi connectivity index (χ0v) is 33.4. The van der Waals surface area contributed by atoms with Crippen LogP contribution in [0, 0.1) is 11.8 Å². The Bertz CT molecular complexity index is 2400. The van der Waals surface area contributed by atoms with Crippen molar-refractivity contribution in [2.24, 2.45) is 18.9 Å². The van der Waals surface area contributed by atoms with Crippen LogP contribution < -0.4 is 15.7 Å². The van der Waals surface area contributed by atoms with Crippen molar-refractivity contribution >= 4 is 62.5 Å². The van der Waals surface area contributed by atoms with Gasteiger partial charge in [0, 0.05) is 82.9 Å². The number of piperidine rings is 1. The lowest BCUT2D eigenvalue weighted by molar-refractivity contribution is -0.931. The predicted octanol–water partition coefficient (Wildman–Crippen LogP) is 3.29. The number of carboxylic acids is 1. The number of carbonyl (C=O) groups excluding carboxylic acids is 4. The van der Waals surface area contributed by atoms with E-state index in [2.05, 4.69) is 25.7 Å². The van der Waals surface area contributed by atoms with E-state index in [0.29, 0.717) is 68.0 Å². The molecule has 3 aliphatic rings. The molecule has 0 bridgehead atoms. The van der Waals surface area contributed by atoms with Crippen molar-refractivity contribution in [3.05, 3.63) is 77.0 Å². The van der Waals surface area contributed by atoms with E-state index in [4.69, 9.17) is 11.6 Å². The molecular formula is C39H40ClF3N10O5S. The first-order valence-electron chi connectivity index (χ1n) is 19.2. The van der Waals surface area contributed by atoms with Crippen LogP contribution in [-0.2, 0) is 22.8 Å². The van der Waals surface area contributed by atoms with Gasteiger partial charge in [-0.3, -0.25) is 14.4 Å². The Hall–Kier alpha value is -5.37. The van der Waals surface area contributed by atoms with Gasteiger partial charge in [0.15, 0.2) is 11.5 Å². The molecule has 6 heterocycles. The van der Waals surface area contributed by atoms with E-state index in [-0.39, 0.29) is 62.8 Å². The number of fused-ring (bicyclic) bond motifs is 1. The lowest BCUT2D eigenvalue weighted by Crippen LogP contribution is -2.63. The fourth-order valence-electron chi connectivity index (χ4n) is 8.28. The number of imidazole rings is 1. The summed E-state index contributed by atoms with van der Waals surface area (Å²) in [6.45, 7) is 4.97. The third kappa shape index (κ3) is 8.28. The number of benzene rings is 2. The van der Waals surface area contributed by atoms with Crippen LogP contribution in [-0.4, -0.2) is 128 Å². The molecule has 20 heteroatoms. The second-order valence-corrected chi connectivity index (χ2v) is 16.8. The van der Waals surface area contributed by atoms with Gasteiger partial charge in [0.05, 0.1) is 63.9 Å². The number of amides is 3. The van der Waals surface area contributed by atoms with E-state index in [1.165, 1.54) is 53.5 Å². The molecule has 0 atom stereocenters. The van der Waals surface area contributed by atoms with Crippen molar-refractivity contribution in [3.63, 3.8) is 0 Å². The number of aromatic nitrogens is 5. The van der Waals surface area contributed by atoms with Gasteiger partial charge in [0.1, 0.15) is 6.54 Å². The van der Waals surface area contributed by atoms with Gasteiger partial charge in [0.25, 0.3) is 11.8 Å². The average Bonchev–Trinajstić information content (AvgIpc) is 3.93. The smallest absolute Gasteiger partial charge is 0.435 e. The van der Waals surface area contributed by atoms with Crippen molar-refractivity contribution in [2.75, 3.05) is 70.8 Å². The van der Waals surface area contributed by atoms with Crippen molar-refractivity contribution in [1.82, 2.24) is 39.4 Å². The van der Waals surface area contributed by atoms with Crippen LogP contribution in [0.3, 0.4) is 0 Å². The maximum Gasteiger partial charge on any atom is 0.435 e. The maximum atomic E-state index is 14.2. The fraction of sp³-hybridized carbons (Fsp3) is 0.410. The van der Waals surface area contributed by atoms with E-state index < -0.39 is 23.7 Å². The van der Waals surface area contributed by atoms with Gasteiger partial charge in [-0.05, 0) is 30.3 Å². The van der Waals surface area contributed by atoms with E-state index in [1.807, 2.05) is 6.07 Å². The summed E-state index contributed by atoms with van der Waals surface area (Å²) in [5.41, 5.74) is -0.395. The number of halogens is 4. The monoisotopic (exact) mass is 852 g/mol. The number of hydrogen-bond acceptors (Lipinski definition) is 10. The Balaban J connectivity index is 0.883. The summed E-state index contributed by atoms with van der Waals surface area (Å²) in [5, 5.41) is 21.6. The molecular weight excluding hydrogens is 813 g/mol. The van der Waals surface area contributed by atoms with Crippen LogP contribution in [0.25, 0.3) is 26.6 Å². The number of rotatable bonds is 10. The molecule has 59 heavy (non-hydrogen) atoms. The van der Waals surface area contributed by atoms with Crippen LogP contribution in [0.5, 0.6) is 0 Å². The number of hydrogen-bond donors (Lipinski definition) is 2. The SMILES string of the molecule is Cn1c(-c2cn(-c3nc4ccccc4s3)nc2C(F)(F)F)cnc1C(=O)Nc1ccc(C(=O)N2CCN(C(=O)C3CC[N+](CC(=O)[O-])(CC4CNC4)CC3)CC2)c(Cl)c1. The Labute approximate surface area is 345 Å². The minimum Gasteiger partial charge on any atom is -0.544 e. The quantitative estimate of drug-likeness (QED) is 0.200. The third-order valence-electron chi connectivity index (χ3n) is 11.5. The predicted molar refractivity (Wildman–Crippen MR) is 210 cm³/mol. The number of anilines is 1. The molecule has 0 unspecified atom stereocenters. The lowest BCUT2D eigenvalue weighted by Gasteiger charge is -2.47. The first-order valence-corrected chi connectivity index (χ1v) is 20.4. The second-order valence-electron chi connectivity index (χ2n) is 15.4. The molecule has 0 saturated carbocycles. The number of nitrogens with one attached hydrogen (secondary N) is 2. The zero-order chi connectivity index (χ0) is 41.6. The fourth-order valence-corrected chi connectivity index (χ4v) is 9.43. The molecule has 0 spiro atoms. The van der Waals surface area contributed by atoms with E-state index in [1.54, 1.807) is 28.0 Å². The number of para-hydroxylation sites is 1. The van der Waals surface area contributed by atoms with Gasteiger partial charge in [-0.2, -0.15) is 18.3 Å². The molecule has 3 saturated heterocycles. The summed E-state index contributed by atoms with van der Waals surface area (Å²) in [6.07, 6.45) is -1.24. The minimum atomic E-state index is -4.81. The summed E-state index contributed by atoms with van der Waals surface area (Å²) >= 11 is 7.74. The average molecular weight is 853 g/mol. The third-order valence-corrected chi connectivity index (χ3v) is 12.8. The highest BCUT2D eigenvalue weighted by atomic mass is 35.5. The Morgan fingerprint density at radius 1 is 1.03 bits per heavy atom. The highest BCUT2D eigenvalue weighted by Gasteiger charge is 2.42. The first-order chi connectivity index (χ1) is 28.2. The van der Waals surface area contributed by atoms with E-state index >= 15 is 0 Å².